The number of anilines is 1. The number of nitrogens with zero attached hydrogens (tertiary/aromatic N) is 6. The van der Waals surface area contributed by atoms with Gasteiger partial charge < -0.3 is 9.47 Å². The van der Waals surface area contributed by atoms with E-state index in [-0.39, 0.29) is 0 Å². The molecule has 0 atom stereocenters. The van der Waals surface area contributed by atoms with Crippen LogP contribution in [-0.4, -0.2) is 30.9 Å². The first-order chi connectivity index (χ1) is 16.6. The van der Waals surface area contributed by atoms with Crippen LogP contribution in [0.3, 0.4) is 0 Å². The average Bonchev–Trinajstić information content (AvgIpc) is 3.60. The number of rotatable bonds is 5. The van der Waals surface area contributed by atoms with Crippen molar-refractivity contribution in [1.29, 1.82) is 0 Å². The number of aromatic nitrogens is 5. The molecule has 5 aromatic rings. The molecule has 3 aromatic heterocycles. The molecule has 4 heterocycles. The Morgan fingerprint density at radius 1 is 1.00 bits per heavy atom. The van der Waals surface area contributed by atoms with Crippen LogP contribution in [0.15, 0.2) is 73.3 Å². The Morgan fingerprint density at radius 3 is 2.76 bits per heavy atom. The number of hydrogen-bond donors (Lipinski definition) is 0. The van der Waals surface area contributed by atoms with E-state index in [1.54, 1.807) is 17.5 Å². The second-order valence-electron chi connectivity index (χ2n) is 8.83. The van der Waals surface area contributed by atoms with Crippen LogP contribution in [-0.2, 0) is 19.4 Å². The lowest BCUT2D eigenvalue weighted by atomic mass is 9.99. The van der Waals surface area contributed by atoms with Gasteiger partial charge >= 0.3 is 0 Å². The van der Waals surface area contributed by atoms with Crippen LogP contribution < -0.4 is 4.90 Å². The molecule has 0 saturated carbocycles. The Labute approximate surface area is 203 Å². The average molecular weight is 467 g/mol. The van der Waals surface area contributed by atoms with E-state index in [1.807, 2.05) is 30.1 Å². The fraction of sp³-hybridized carbons (Fsp3) is 0.222. The highest BCUT2D eigenvalue weighted by atomic mass is 32.1. The van der Waals surface area contributed by atoms with Crippen molar-refractivity contribution in [2.24, 2.45) is 0 Å². The molecule has 1 aliphatic heterocycles. The molecule has 0 aliphatic carbocycles. The Morgan fingerprint density at radius 2 is 1.94 bits per heavy atom. The minimum atomic E-state index is 0.876. The van der Waals surface area contributed by atoms with Gasteiger partial charge in [0, 0.05) is 54.9 Å². The minimum absolute atomic E-state index is 0.876. The molecule has 0 radical (unpaired) electrons. The van der Waals surface area contributed by atoms with E-state index < -0.39 is 0 Å². The summed E-state index contributed by atoms with van der Waals surface area (Å²) in [7, 11) is 0. The lowest BCUT2D eigenvalue weighted by molar-refractivity contribution is 0.727. The van der Waals surface area contributed by atoms with Crippen molar-refractivity contribution >= 4 is 16.5 Å². The number of thiazole rings is 1. The monoisotopic (exact) mass is 466 g/mol. The van der Waals surface area contributed by atoms with Crippen LogP contribution in [0.25, 0.3) is 11.4 Å². The summed E-state index contributed by atoms with van der Waals surface area (Å²) in [5.74, 6) is 1.02. The fourth-order valence-electron chi connectivity index (χ4n) is 4.69. The molecule has 0 spiro atoms. The van der Waals surface area contributed by atoms with E-state index in [0.29, 0.717) is 0 Å². The van der Waals surface area contributed by atoms with Gasteiger partial charge in [-0.1, -0.05) is 18.2 Å². The molecule has 0 bridgehead atoms. The standard InChI is InChI=1S/C27H26N6S/c1-19-17-32(20(2)30-19)24-8-7-22-9-12-31(18-23(22)15-24)27-28-16-26(34-27)14-21-5-3-6-25(13-21)33-11-4-10-29-33/h3-8,10-11,13,15-17H,9,12,14,18H2,1-2H3. The van der Waals surface area contributed by atoms with Gasteiger partial charge in [0.15, 0.2) is 5.13 Å². The summed E-state index contributed by atoms with van der Waals surface area (Å²) >= 11 is 1.80. The first-order valence-electron chi connectivity index (χ1n) is 11.6. The normalized spacial score (nSPS) is 13.3. The predicted octanol–water partition coefficient (Wildman–Crippen LogP) is 5.28. The molecule has 0 unspecified atom stereocenters. The number of aryl methyl sites for hydroxylation is 2. The summed E-state index contributed by atoms with van der Waals surface area (Å²) in [6, 6.07) is 17.3. The lowest BCUT2D eigenvalue weighted by Gasteiger charge is -2.29. The van der Waals surface area contributed by atoms with E-state index in [1.165, 1.54) is 27.3 Å². The summed E-state index contributed by atoms with van der Waals surface area (Å²) in [5.41, 5.74) is 7.37. The number of hydrogen-bond acceptors (Lipinski definition) is 5. The van der Waals surface area contributed by atoms with Gasteiger partial charge in [-0.3, -0.25) is 0 Å². The van der Waals surface area contributed by atoms with Crippen molar-refractivity contribution < 1.29 is 0 Å². The summed E-state index contributed by atoms with van der Waals surface area (Å²) in [6.07, 6.45) is 9.83. The van der Waals surface area contributed by atoms with Crippen LogP contribution >= 0.6 is 11.3 Å². The first-order valence-corrected chi connectivity index (χ1v) is 12.4. The quantitative estimate of drug-likeness (QED) is 0.353. The highest BCUT2D eigenvalue weighted by Gasteiger charge is 2.20. The first kappa shape index (κ1) is 20.9. The van der Waals surface area contributed by atoms with Crippen LogP contribution in [0.1, 0.15) is 33.1 Å². The molecular formula is C27H26N6S. The molecule has 0 saturated heterocycles. The van der Waals surface area contributed by atoms with E-state index in [0.717, 1.165) is 48.3 Å². The van der Waals surface area contributed by atoms with Crippen molar-refractivity contribution in [2.45, 2.75) is 33.2 Å². The molecule has 170 valence electrons. The van der Waals surface area contributed by atoms with Gasteiger partial charge in [-0.15, -0.1) is 11.3 Å². The Balaban J connectivity index is 1.20. The lowest BCUT2D eigenvalue weighted by Crippen LogP contribution is -2.30. The molecule has 7 heteroatoms. The fourth-order valence-corrected chi connectivity index (χ4v) is 5.66. The van der Waals surface area contributed by atoms with Crippen LogP contribution in [0.4, 0.5) is 5.13 Å². The summed E-state index contributed by atoms with van der Waals surface area (Å²) in [4.78, 5) is 13.0. The molecule has 0 amide bonds. The van der Waals surface area contributed by atoms with Gasteiger partial charge in [0.05, 0.1) is 11.4 Å². The molecule has 0 N–H and O–H groups in total. The summed E-state index contributed by atoms with van der Waals surface area (Å²) in [6.45, 7) is 5.98. The van der Waals surface area contributed by atoms with E-state index >= 15 is 0 Å². The predicted molar refractivity (Wildman–Crippen MR) is 136 cm³/mol. The van der Waals surface area contributed by atoms with Crippen molar-refractivity contribution in [3.8, 4) is 11.4 Å². The van der Waals surface area contributed by atoms with Crippen molar-refractivity contribution in [3.63, 3.8) is 0 Å². The molecule has 6 rings (SSSR count). The highest BCUT2D eigenvalue weighted by Crippen LogP contribution is 2.30. The molecule has 0 fully saturated rings. The Kier molecular flexibility index (Phi) is 5.26. The molecule has 34 heavy (non-hydrogen) atoms. The maximum Gasteiger partial charge on any atom is 0.185 e. The van der Waals surface area contributed by atoms with Gasteiger partial charge in [0.2, 0.25) is 0 Å². The highest BCUT2D eigenvalue weighted by molar-refractivity contribution is 7.15. The minimum Gasteiger partial charge on any atom is -0.343 e. The van der Waals surface area contributed by atoms with Gasteiger partial charge in [-0.2, -0.15) is 5.10 Å². The molecule has 6 nitrogen and oxygen atoms in total. The van der Waals surface area contributed by atoms with Crippen LogP contribution in [0.2, 0.25) is 0 Å². The van der Waals surface area contributed by atoms with E-state index in [2.05, 4.69) is 75.1 Å². The number of fused-ring (bicyclic) bond motifs is 1. The molecule has 1 aliphatic rings. The maximum absolute atomic E-state index is 4.79. The van der Waals surface area contributed by atoms with Crippen molar-refractivity contribution in [1.82, 2.24) is 24.3 Å². The van der Waals surface area contributed by atoms with Crippen molar-refractivity contribution in [3.05, 3.63) is 106 Å². The second-order valence-corrected chi connectivity index (χ2v) is 9.92. The van der Waals surface area contributed by atoms with E-state index in [4.69, 9.17) is 4.98 Å². The summed E-state index contributed by atoms with van der Waals surface area (Å²) < 4.78 is 4.07. The SMILES string of the molecule is Cc1cn(-c2ccc3c(c2)CN(c2ncc(Cc4cccc(-n5cccn5)c4)s2)CC3)c(C)n1. The third-order valence-corrected chi connectivity index (χ3v) is 7.41. The van der Waals surface area contributed by atoms with Crippen LogP contribution in [0.5, 0.6) is 0 Å². The van der Waals surface area contributed by atoms with E-state index in [9.17, 15) is 0 Å². The van der Waals surface area contributed by atoms with Gasteiger partial charge in [0.25, 0.3) is 0 Å². The molecular weight excluding hydrogens is 440 g/mol. The van der Waals surface area contributed by atoms with Gasteiger partial charge in [-0.05, 0) is 67.3 Å². The third-order valence-electron chi connectivity index (χ3n) is 6.35. The smallest absolute Gasteiger partial charge is 0.185 e. The molecule has 2 aromatic carbocycles. The Hall–Kier alpha value is -3.71. The zero-order valence-electron chi connectivity index (χ0n) is 19.3. The zero-order chi connectivity index (χ0) is 23.1. The second kappa shape index (κ2) is 8.57. The largest absolute Gasteiger partial charge is 0.343 e. The number of imidazole rings is 1. The third kappa shape index (κ3) is 4.03. The van der Waals surface area contributed by atoms with Crippen molar-refractivity contribution in [2.75, 3.05) is 11.4 Å². The van der Waals surface area contributed by atoms with Crippen LogP contribution in [0, 0.1) is 13.8 Å². The Bertz CT molecular complexity index is 1450. The maximum atomic E-state index is 4.79. The topological polar surface area (TPSA) is 51.8 Å². The zero-order valence-corrected chi connectivity index (χ0v) is 20.2. The van der Waals surface area contributed by atoms with Gasteiger partial charge in [0.1, 0.15) is 5.82 Å². The van der Waals surface area contributed by atoms with Gasteiger partial charge in [-0.25, -0.2) is 14.6 Å². The number of benzene rings is 2. The summed E-state index contributed by atoms with van der Waals surface area (Å²) in [5, 5.41) is 5.45.